The summed E-state index contributed by atoms with van der Waals surface area (Å²) in [6.45, 7) is 8.46. The van der Waals surface area contributed by atoms with E-state index >= 15 is 0 Å². The highest BCUT2D eigenvalue weighted by Crippen LogP contribution is 2.39. The third-order valence-corrected chi connectivity index (χ3v) is 8.63. The second-order valence-electron chi connectivity index (χ2n) is 8.58. The number of allylic oxidation sites excluding steroid dienone is 1. The Bertz CT molecular complexity index is 264. The van der Waals surface area contributed by atoms with Gasteiger partial charge in [-0.2, -0.15) is 0 Å². The summed E-state index contributed by atoms with van der Waals surface area (Å²) < 4.78 is 0. The van der Waals surface area contributed by atoms with E-state index in [2.05, 4.69) is 26.5 Å². The average Bonchev–Trinajstić information content (AvgIpc) is 2.68. The van der Waals surface area contributed by atoms with Crippen molar-refractivity contribution < 1.29 is 0 Å². The van der Waals surface area contributed by atoms with E-state index in [9.17, 15) is 0 Å². The summed E-state index contributed by atoms with van der Waals surface area (Å²) in [5.41, 5.74) is 0. The maximum atomic E-state index is 3.82. The van der Waals surface area contributed by atoms with Crippen LogP contribution in [0.2, 0.25) is 0 Å². The standard InChI is InChI=1S/C26H53P.H4Si/c1-4-7-10-13-16-17-20-23-26-27(24-21-18-14-11-8-5-2)25-22-19-15-12-9-6-3;/h4H,1,5-26H2,2-3H3;1H4. The minimum absolute atomic E-state index is 0. The fraction of sp³-hybridized carbons (Fsp3) is 0.923. The molecule has 0 rings (SSSR count). The SMILES string of the molecule is C=CCCCCCCCCP(CCCCCCCC)CCCCCCCC.[SiH4]. The van der Waals surface area contributed by atoms with Crippen molar-refractivity contribution in [2.45, 2.75) is 136 Å². The van der Waals surface area contributed by atoms with Crippen LogP contribution in [-0.2, 0) is 0 Å². The minimum Gasteiger partial charge on any atom is -0.107 e. The molecule has 0 heterocycles. The second kappa shape index (κ2) is 27.4. The predicted molar refractivity (Wildman–Crippen MR) is 142 cm³/mol. The number of hydrogen-bond acceptors (Lipinski definition) is 0. The number of rotatable bonds is 23. The van der Waals surface area contributed by atoms with Gasteiger partial charge in [-0.3, -0.25) is 0 Å². The van der Waals surface area contributed by atoms with Crippen molar-refractivity contribution in [2.75, 3.05) is 18.5 Å². The van der Waals surface area contributed by atoms with Gasteiger partial charge in [0.25, 0.3) is 0 Å². The summed E-state index contributed by atoms with van der Waals surface area (Å²) in [5, 5.41) is 0. The van der Waals surface area contributed by atoms with Gasteiger partial charge in [-0.15, -0.1) is 14.5 Å². The molecule has 0 bridgehead atoms. The van der Waals surface area contributed by atoms with E-state index in [0.717, 1.165) is 0 Å². The molecule has 0 nitrogen and oxygen atoms in total. The molecule has 170 valence electrons. The van der Waals surface area contributed by atoms with Gasteiger partial charge < -0.3 is 0 Å². The van der Waals surface area contributed by atoms with Gasteiger partial charge in [0.1, 0.15) is 0 Å². The Morgan fingerprint density at radius 1 is 0.500 bits per heavy atom. The Morgan fingerprint density at radius 2 is 0.821 bits per heavy atom. The van der Waals surface area contributed by atoms with Gasteiger partial charge in [-0.1, -0.05) is 110 Å². The van der Waals surface area contributed by atoms with Crippen molar-refractivity contribution in [3.63, 3.8) is 0 Å². The molecular formula is C26H57PSi. The van der Waals surface area contributed by atoms with Crippen LogP contribution in [0.4, 0.5) is 0 Å². The highest BCUT2D eigenvalue weighted by atomic mass is 31.1. The lowest BCUT2D eigenvalue weighted by Crippen LogP contribution is -1.97. The van der Waals surface area contributed by atoms with Crippen LogP contribution in [0.15, 0.2) is 12.7 Å². The molecule has 0 unspecified atom stereocenters. The van der Waals surface area contributed by atoms with Gasteiger partial charge in [0.2, 0.25) is 0 Å². The first-order valence-electron chi connectivity index (χ1n) is 12.7. The van der Waals surface area contributed by atoms with E-state index in [1.807, 2.05) is 0 Å². The smallest absolute Gasteiger partial charge is 0.0149 e. The highest BCUT2D eigenvalue weighted by molar-refractivity contribution is 7.57. The molecule has 0 radical (unpaired) electrons. The topological polar surface area (TPSA) is 0 Å². The Hall–Kier alpha value is 0.387. The zero-order valence-corrected chi connectivity index (χ0v) is 20.2. The molecule has 0 aliphatic heterocycles. The maximum Gasteiger partial charge on any atom is -0.0149 e. The Balaban J connectivity index is 0. The maximum absolute atomic E-state index is 3.82. The third-order valence-electron chi connectivity index (χ3n) is 5.79. The number of unbranched alkanes of at least 4 members (excludes halogenated alkanes) is 16. The fourth-order valence-corrected chi connectivity index (χ4v) is 6.58. The van der Waals surface area contributed by atoms with Crippen LogP contribution < -0.4 is 0 Å². The van der Waals surface area contributed by atoms with Crippen molar-refractivity contribution in [2.24, 2.45) is 0 Å². The molecular weight excluding hydrogens is 371 g/mol. The van der Waals surface area contributed by atoms with Crippen LogP contribution in [-0.4, -0.2) is 29.5 Å². The monoisotopic (exact) mass is 428 g/mol. The molecule has 28 heavy (non-hydrogen) atoms. The van der Waals surface area contributed by atoms with Crippen molar-refractivity contribution >= 4 is 18.9 Å². The van der Waals surface area contributed by atoms with Crippen LogP contribution >= 0.6 is 7.92 Å². The lowest BCUT2D eigenvalue weighted by molar-refractivity contribution is 0.610. The molecule has 0 amide bonds. The van der Waals surface area contributed by atoms with Crippen LogP contribution in [0.25, 0.3) is 0 Å². The summed E-state index contributed by atoms with van der Waals surface area (Å²) in [4.78, 5) is 0. The summed E-state index contributed by atoms with van der Waals surface area (Å²) in [7, 11) is 0.347. The molecule has 0 aliphatic carbocycles. The molecule has 0 N–H and O–H groups in total. The largest absolute Gasteiger partial charge is 0.107 e. The van der Waals surface area contributed by atoms with Crippen molar-refractivity contribution in [1.82, 2.24) is 0 Å². The van der Waals surface area contributed by atoms with Gasteiger partial charge in [-0.05, 0) is 61.6 Å². The van der Waals surface area contributed by atoms with E-state index in [1.165, 1.54) is 122 Å². The zero-order chi connectivity index (χ0) is 19.8. The Kier molecular flexibility index (Phi) is 29.9. The molecule has 0 atom stereocenters. The fourth-order valence-electron chi connectivity index (χ4n) is 3.90. The summed E-state index contributed by atoms with van der Waals surface area (Å²) in [5.74, 6) is 0. The van der Waals surface area contributed by atoms with Gasteiger partial charge in [-0.25, -0.2) is 0 Å². The first-order valence-corrected chi connectivity index (χ1v) is 14.6. The van der Waals surface area contributed by atoms with Crippen LogP contribution in [0, 0.1) is 0 Å². The summed E-state index contributed by atoms with van der Waals surface area (Å²) in [6, 6.07) is 0. The van der Waals surface area contributed by atoms with Crippen LogP contribution in [0.5, 0.6) is 0 Å². The van der Waals surface area contributed by atoms with E-state index < -0.39 is 0 Å². The van der Waals surface area contributed by atoms with E-state index in [4.69, 9.17) is 0 Å². The Morgan fingerprint density at radius 3 is 1.18 bits per heavy atom. The van der Waals surface area contributed by atoms with E-state index in [-0.39, 0.29) is 11.0 Å². The second-order valence-corrected chi connectivity index (χ2v) is 11.3. The van der Waals surface area contributed by atoms with Gasteiger partial charge >= 0.3 is 0 Å². The van der Waals surface area contributed by atoms with Crippen LogP contribution in [0.1, 0.15) is 136 Å². The van der Waals surface area contributed by atoms with Gasteiger partial charge in [0.15, 0.2) is 0 Å². The lowest BCUT2D eigenvalue weighted by Gasteiger charge is -2.18. The van der Waals surface area contributed by atoms with Crippen molar-refractivity contribution in [3.05, 3.63) is 12.7 Å². The quantitative estimate of drug-likeness (QED) is 0.0661. The molecule has 0 fully saturated rings. The third kappa shape index (κ3) is 24.4. The Labute approximate surface area is 185 Å². The summed E-state index contributed by atoms with van der Waals surface area (Å²) >= 11 is 0. The molecule has 0 aromatic carbocycles. The normalized spacial score (nSPS) is 11.0. The molecule has 0 aromatic heterocycles. The molecule has 0 aromatic rings. The molecule has 0 saturated heterocycles. The molecule has 0 spiro atoms. The predicted octanol–water partition coefficient (Wildman–Crippen LogP) is 8.65. The first kappa shape index (κ1) is 30.6. The first-order chi connectivity index (χ1) is 13.3. The zero-order valence-electron chi connectivity index (χ0n) is 19.3. The average molecular weight is 429 g/mol. The van der Waals surface area contributed by atoms with Crippen molar-refractivity contribution in [1.29, 1.82) is 0 Å². The molecule has 2 heteroatoms. The van der Waals surface area contributed by atoms with E-state index in [1.54, 1.807) is 18.5 Å². The van der Waals surface area contributed by atoms with Crippen LogP contribution in [0.3, 0.4) is 0 Å². The molecule has 0 aliphatic rings. The lowest BCUT2D eigenvalue weighted by atomic mass is 10.1. The molecule has 0 saturated carbocycles. The highest BCUT2D eigenvalue weighted by Gasteiger charge is 2.07. The minimum atomic E-state index is 0. The van der Waals surface area contributed by atoms with Gasteiger partial charge in [0, 0.05) is 0 Å². The van der Waals surface area contributed by atoms with Gasteiger partial charge in [0.05, 0.1) is 0 Å². The summed E-state index contributed by atoms with van der Waals surface area (Å²) in [6.07, 6.45) is 34.3. The van der Waals surface area contributed by atoms with E-state index in [0.29, 0.717) is 7.92 Å². The van der Waals surface area contributed by atoms with Crippen molar-refractivity contribution in [3.8, 4) is 0 Å². The number of hydrogen-bond donors (Lipinski definition) is 0.